The topological polar surface area (TPSA) is 78.1 Å². The van der Waals surface area contributed by atoms with Gasteiger partial charge in [-0.15, -0.1) is 0 Å². The van der Waals surface area contributed by atoms with E-state index in [4.69, 9.17) is 0 Å². The predicted octanol–water partition coefficient (Wildman–Crippen LogP) is 2.10. The van der Waals surface area contributed by atoms with Crippen LogP contribution in [0.1, 0.15) is 11.1 Å². The molecule has 0 spiro atoms. The van der Waals surface area contributed by atoms with Crippen LogP contribution < -0.4 is 4.72 Å². The molecule has 1 heterocycles. The van der Waals surface area contributed by atoms with E-state index in [9.17, 15) is 8.42 Å². The molecule has 0 saturated heterocycles. The molecule has 6 nitrogen and oxygen atoms in total. The molecule has 0 radical (unpaired) electrons. The van der Waals surface area contributed by atoms with Crippen LogP contribution in [-0.2, 0) is 23.1 Å². The van der Waals surface area contributed by atoms with Crippen LogP contribution in [0.15, 0.2) is 53.6 Å². The summed E-state index contributed by atoms with van der Waals surface area (Å²) in [5.74, 6) is 0. The number of aromatic amines is 1. The number of benzene rings is 2. The van der Waals surface area contributed by atoms with Gasteiger partial charge in [0.2, 0.25) is 10.0 Å². The normalized spacial score (nSPS) is 12.1. The Bertz CT molecular complexity index is 948. The second-order valence-electron chi connectivity index (χ2n) is 5.95. The van der Waals surface area contributed by atoms with Gasteiger partial charge in [-0.2, -0.15) is 5.10 Å². The molecule has 126 valence electrons. The Morgan fingerprint density at radius 3 is 2.62 bits per heavy atom. The first-order valence-corrected chi connectivity index (χ1v) is 9.08. The van der Waals surface area contributed by atoms with E-state index in [0.29, 0.717) is 5.52 Å². The highest BCUT2D eigenvalue weighted by atomic mass is 32.2. The fourth-order valence-electron chi connectivity index (χ4n) is 2.56. The van der Waals surface area contributed by atoms with E-state index < -0.39 is 10.0 Å². The van der Waals surface area contributed by atoms with Crippen LogP contribution >= 0.6 is 0 Å². The lowest BCUT2D eigenvalue weighted by molar-refractivity contribution is 0.400. The first-order valence-electron chi connectivity index (χ1n) is 7.60. The maximum absolute atomic E-state index is 12.5. The Labute approximate surface area is 141 Å². The van der Waals surface area contributed by atoms with Crippen LogP contribution in [0.4, 0.5) is 0 Å². The first kappa shape index (κ1) is 16.6. The molecule has 3 rings (SSSR count). The molecule has 0 aliphatic rings. The maximum atomic E-state index is 12.5. The molecule has 0 amide bonds. The predicted molar refractivity (Wildman–Crippen MR) is 94.0 cm³/mol. The van der Waals surface area contributed by atoms with Crippen molar-refractivity contribution in [2.24, 2.45) is 0 Å². The summed E-state index contributed by atoms with van der Waals surface area (Å²) in [6.07, 6.45) is 1.66. The van der Waals surface area contributed by atoms with E-state index in [2.05, 4.69) is 19.8 Å². The van der Waals surface area contributed by atoms with E-state index in [1.807, 2.05) is 38.4 Å². The molecule has 2 N–H and O–H groups in total. The Balaban J connectivity index is 1.80. The van der Waals surface area contributed by atoms with E-state index in [-0.39, 0.29) is 11.4 Å². The summed E-state index contributed by atoms with van der Waals surface area (Å²) in [6, 6.07) is 12.8. The van der Waals surface area contributed by atoms with E-state index in [0.717, 1.165) is 23.1 Å². The molecular weight excluding hydrogens is 324 g/mol. The zero-order chi connectivity index (χ0) is 17.2. The van der Waals surface area contributed by atoms with Crippen molar-refractivity contribution in [1.29, 1.82) is 0 Å². The zero-order valence-electron chi connectivity index (χ0n) is 13.7. The summed E-state index contributed by atoms with van der Waals surface area (Å²) in [5, 5.41) is 7.58. The second-order valence-corrected chi connectivity index (χ2v) is 7.72. The van der Waals surface area contributed by atoms with Gasteiger partial charge in [-0.25, -0.2) is 13.1 Å². The van der Waals surface area contributed by atoms with Crippen molar-refractivity contribution in [3.8, 4) is 0 Å². The number of hydrogen-bond acceptors (Lipinski definition) is 4. The largest absolute Gasteiger partial charge is 0.305 e. The van der Waals surface area contributed by atoms with Crippen molar-refractivity contribution in [1.82, 2.24) is 19.8 Å². The van der Waals surface area contributed by atoms with Crippen molar-refractivity contribution in [3.63, 3.8) is 0 Å². The molecule has 0 bridgehead atoms. The Hall–Kier alpha value is -2.22. The van der Waals surface area contributed by atoms with Crippen LogP contribution in [0.2, 0.25) is 0 Å². The monoisotopic (exact) mass is 344 g/mol. The first-order chi connectivity index (χ1) is 11.5. The maximum Gasteiger partial charge on any atom is 0.240 e. The lowest BCUT2D eigenvalue weighted by Crippen LogP contribution is -2.24. The van der Waals surface area contributed by atoms with E-state index in [1.165, 1.54) is 0 Å². The van der Waals surface area contributed by atoms with E-state index >= 15 is 0 Å². The highest BCUT2D eigenvalue weighted by molar-refractivity contribution is 7.89. The Morgan fingerprint density at radius 2 is 1.88 bits per heavy atom. The van der Waals surface area contributed by atoms with Gasteiger partial charge in [-0.1, -0.05) is 24.3 Å². The van der Waals surface area contributed by atoms with Gasteiger partial charge in [0, 0.05) is 18.5 Å². The minimum atomic E-state index is -3.58. The Kier molecular flexibility index (Phi) is 4.66. The third kappa shape index (κ3) is 3.64. The summed E-state index contributed by atoms with van der Waals surface area (Å²) in [6.45, 7) is 1.02. The van der Waals surface area contributed by atoms with Crippen LogP contribution in [0.25, 0.3) is 10.9 Å². The molecule has 0 fully saturated rings. The van der Waals surface area contributed by atoms with Crippen LogP contribution in [0.3, 0.4) is 0 Å². The molecule has 0 aliphatic carbocycles. The fourth-order valence-corrected chi connectivity index (χ4v) is 3.60. The summed E-state index contributed by atoms with van der Waals surface area (Å²) in [7, 11) is 0.389. The van der Waals surface area contributed by atoms with Crippen LogP contribution in [-0.4, -0.2) is 37.6 Å². The van der Waals surface area contributed by atoms with Gasteiger partial charge in [0.15, 0.2) is 0 Å². The number of aromatic nitrogens is 2. The van der Waals surface area contributed by atoms with Crippen molar-refractivity contribution in [2.75, 3.05) is 14.1 Å². The minimum Gasteiger partial charge on any atom is -0.305 e. The molecule has 0 atom stereocenters. The number of H-pyrrole nitrogens is 1. The van der Waals surface area contributed by atoms with Crippen LogP contribution in [0.5, 0.6) is 0 Å². The van der Waals surface area contributed by atoms with E-state index in [1.54, 1.807) is 24.4 Å². The molecule has 24 heavy (non-hydrogen) atoms. The Morgan fingerprint density at radius 1 is 1.12 bits per heavy atom. The van der Waals surface area contributed by atoms with Gasteiger partial charge in [0.05, 0.1) is 16.6 Å². The second kappa shape index (κ2) is 6.72. The quantitative estimate of drug-likeness (QED) is 0.718. The third-order valence-corrected chi connectivity index (χ3v) is 5.18. The summed E-state index contributed by atoms with van der Waals surface area (Å²) in [4.78, 5) is 2.28. The number of fused-ring (bicyclic) bond motifs is 1. The zero-order valence-corrected chi connectivity index (χ0v) is 14.5. The van der Waals surface area contributed by atoms with Gasteiger partial charge >= 0.3 is 0 Å². The molecular formula is C17H20N4O2S. The third-order valence-electron chi connectivity index (χ3n) is 3.78. The fraction of sp³-hybridized carbons (Fsp3) is 0.235. The molecule has 2 aromatic carbocycles. The summed E-state index contributed by atoms with van der Waals surface area (Å²) in [5.41, 5.74) is 2.78. The summed E-state index contributed by atoms with van der Waals surface area (Å²) >= 11 is 0. The number of rotatable bonds is 6. The van der Waals surface area contributed by atoms with Gasteiger partial charge < -0.3 is 4.90 Å². The average Bonchev–Trinajstić information content (AvgIpc) is 3.01. The van der Waals surface area contributed by atoms with Gasteiger partial charge in [-0.05, 0) is 43.4 Å². The minimum absolute atomic E-state index is 0.226. The molecule has 0 unspecified atom stereocenters. The molecule has 3 aromatic rings. The molecule has 0 aliphatic heterocycles. The standard InChI is InChI=1S/C17H20N4O2S/c1-21(2)12-15-6-4-3-5-13(15)11-19-24(22,23)16-8-7-14-10-18-20-17(14)9-16/h3-10,19H,11-12H2,1-2H3,(H,18,20). The summed E-state index contributed by atoms with van der Waals surface area (Å²) < 4.78 is 27.8. The molecule has 1 aromatic heterocycles. The van der Waals surface area contributed by atoms with Crippen LogP contribution in [0, 0.1) is 0 Å². The van der Waals surface area contributed by atoms with Gasteiger partial charge in [0.25, 0.3) is 0 Å². The van der Waals surface area contributed by atoms with Crippen molar-refractivity contribution >= 4 is 20.9 Å². The molecule has 7 heteroatoms. The lowest BCUT2D eigenvalue weighted by atomic mass is 10.1. The van der Waals surface area contributed by atoms with Crippen molar-refractivity contribution in [2.45, 2.75) is 18.0 Å². The number of nitrogens with one attached hydrogen (secondary N) is 2. The number of nitrogens with zero attached hydrogens (tertiary/aromatic N) is 2. The highest BCUT2D eigenvalue weighted by Crippen LogP contribution is 2.17. The molecule has 0 saturated carbocycles. The van der Waals surface area contributed by atoms with Crippen molar-refractivity contribution in [3.05, 3.63) is 59.8 Å². The van der Waals surface area contributed by atoms with Crippen molar-refractivity contribution < 1.29 is 8.42 Å². The average molecular weight is 344 g/mol. The van der Waals surface area contributed by atoms with Gasteiger partial charge in [-0.3, -0.25) is 5.10 Å². The highest BCUT2D eigenvalue weighted by Gasteiger charge is 2.15. The number of hydrogen-bond donors (Lipinski definition) is 2. The van der Waals surface area contributed by atoms with Gasteiger partial charge in [0.1, 0.15) is 0 Å². The SMILES string of the molecule is CN(C)Cc1ccccc1CNS(=O)(=O)c1ccc2cn[nH]c2c1. The lowest BCUT2D eigenvalue weighted by Gasteiger charge is -2.14. The number of sulfonamides is 1. The smallest absolute Gasteiger partial charge is 0.240 e.